The molecule has 8 heteroatoms. The molecule has 5 nitrogen and oxygen atoms in total. The molecule has 2 aliphatic heterocycles. The lowest BCUT2D eigenvalue weighted by atomic mass is 9.93. The quantitative estimate of drug-likeness (QED) is 0.380. The van der Waals surface area contributed by atoms with E-state index < -0.39 is 12.7 Å². The number of nitrogens with one attached hydrogen (secondary N) is 2. The molecular formula is C19H33F3N4O. The van der Waals surface area contributed by atoms with E-state index in [1.54, 1.807) is 0 Å². The van der Waals surface area contributed by atoms with Crippen LogP contribution in [0.15, 0.2) is 16.6 Å². The summed E-state index contributed by atoms with van der Waals surface area (Å²) in [6, 6.07) is 0. The summed E-state index contributed by atoms with van der Waals surface area (Å²) < 4.78 is 42.6. The van der Waals surface area contributed by atoms with Crippen LogP contribution in [0.3, 0.4) is 0 Å². The first-order chi connectivity index (χ1) is 13.0. The maximum absolute atomic E-state index is 12.4. The number of guanidine groups is 1. The van der Waals surface area contributed by atoms with Crippen molar-refractivity contribution in [3.8, 4) is 0 Å². The van der Waals surface area contributed by atoms with Crippen LogP contribution in [0.2, 0.25) is 0 Å². The molecule has 0 aromatic carbocycles. The fourth-order valence-corrected chi connectivity index (χ4v) is 3.52. The number of alkyl halides is 3. The second kappa shape index (κ2) is 11.5. The van der Waals surface area contributed by atoms with Gasteiger partial charge in [0, 0.05) is 19.6 Å². The Morgan fingerprint density at radius 2 is 2.07 bits per heavy atom. The second-order valence-electron chi connectivity index (χ2n) is 7.25. The van der Waals surface area contributed by atoms with Crippen LogP contribution < -0.4 is 10.6 Å². The van der Waals surface area contributed by atoms with Gasteiger partial charge in [0.2, 0.25) is 0 Å². The van der Waals surface area contributed by atoms with Crippen LogP contribution in [-0.2, 0) is 4.74 Å². The molecular weight excluding hydrogens is 357 g/mol. The minimum Gasteiger partial charge on any atom is -0.377 e. The molecule has 0 aromatic heterocycles. The molecule has 1 saturated heterocycles. The zero-order valence-corrected chi connectivity index (χ0v) is 16.3. The minimum atomic E-state index is -4.09. The SMILES string of the molecule is CCNC(=NCCC1CCN(CC(F)(F)F)CC1)NCCC1=CCOCC1. The molecule has 2 aliphatic rings. The first-order valence-corrected chi connectivity index (χ1v) is 10.0. The molecule has 0 aromatic rings. The molecule has 0 amide bonds. The molecule has 0 aliphatic carbocycles. The average Bonchev–Trinajstić information content (AvgIpc) is 2.63. The van der Waals surface area contributed by atoms with Gasteiger partial charge in [-0.3, -0.25) is 9.89 Å². The summed E-state index contributed by atoms with van der Waals surface area (Å²) in [6.07, 6.45) is 2.63. The van der Waals surface area contributed by atoms with Gasteiger partial charge in [0.15, 0.2) is 5.96 Å². The molecule has 2 rings (SSSR count). The van der Waals surface area contributed by atoms with Gasteiger partial charge in [-0.05, 0) is 58.0 Å². The number of hydrogen-bond donors (Lipinski definition) is 2. The number of rotatable bonds is 8. The maximum atomic E-state index is 12.4. The summed E-state index contributed by atoms with van der Waals surface area (Å²) in [4.78, 5) is 6.14. The lowest BCUT2D eigenvalue weighted by Crippen LogP contribution is -2.40. The van der Waals surface area contributed by atoms with Crippen LogP contribution in [0.1, 0.15) is 39.0 Å². The van der Waals surface area contributed by atoms with Crippen LogP contribution in [0.4, 0.5) is 13.2 Å². The van der Waals surface area contributed by atoms with Crippen molar-refractivity contribution in [2.45, 2.75) is 45.2 Å². The zero-order valence-electron chi connectivity index (χ0n) is 16.3. The highest BCUT2D eigenvalue weighted by molar-refractivity contribution is 5.79. The van der Waals surface area contributed by atoms with Crippen molar-refractivity contribution in [2.75, 3.05) is 52.5 Å². The Labute approximate surface area is 160 Å². The molecule has 0 bridgehead atoms. The summed E-state index contributed by atoms with van der Waals surface area (Å²) in [5.74, 6) is 1.29. The standard InChI is InChI=1S/C19H33F3N4O/c1-2-23-18(25-10-4-17-7-13-27-14-8-17)24-9-3-16-5-11-26(12-6-16)15-19(20,21)22/h7,16H,2-6,8-15H2,1H3,(H2,23,24,25). The van der Waals surface area contributed by atoms with E-state index in [0.717, 1.165) is 57.8 Å². The number of aliphatic imine (C=N–C) groups is 1. The number of ether oxygens (including phenoxy) is 1. The summed E-state index contributed by atoms with van der Waals surface area (Å²) in [6.45, 7) is 6.19. The van der Waals surface area contributed by atoms with Crippen LogP contribution in [-0.4, -0.2) is 69.5 Å². The zero-order chi connectivity index (χ0) is 19.5. The van der Waals surface area contributed by atoms with E-state index in [-0.39, 0.29) is 0 Å². The van der Waals surface area contributed by atoms with Gasteiger partial charge in [0.25, 0.3) is 0 Å². The predicted molar refractivity (Wildman–Crippen MR) is 102 cm³/mol. The molecule has 27 heavy (non-hydrogen) atoms. The van der Waals surface area contributed by atoms with Crippen LogP contribution >= 0.6 is 0 Å². The molecule has 2 N–H and O–H groups in total. The van der Waals surface area contributed by atoms with Crippen molar-refractivity contribution in [2.24, 2.45) is 10.9 Å². The highest BCUT2D eigenvalue weighted by atomic mass is 19.4. The highest BCUT2D eigenvalue weighted by Crippen LogP contribution is 2.24. The van der Waals surface area contributed by atoms with Gasteiger partial charge >= 0.3 is 6.18 Å². The Morgan fingerprint density at radius 1 is 1.30 bits per heavy atom. The van der Waals surface area contributed by atoms with Crippen LogP contribution in [0.5, 0.6) is 0 Å². The Hall–Kier alpha value is -1.28. The molecule has 0 saturated carbocycles. The molecule has 0 radical (unpaired) electrons. The van der Waals surface area contributed by atoms with Gasteiger partial charge in [-0.25, -0.2) is 0 Å². The van der Waals surface area contributed by atoms with Gasteiger partial charge in [-0.1, -0.05) is 11.6 Å². The van der Waals surface area contributed by atoms with Crippen LogP contribution in [0, 0.1) is 5.92 Å². The maximum Gasteiger partial charge on any atom is 0.401 e. The fraction of sp³-hybridized carbons (Fsp3) is 0.842. The third-order valence-electron chi connectivity index (χ3n) is 5.06. The monoisotopic (exact) mass is 390 g/mol. The van der Waals surface area contributed by atoms with Gasteiger partial charge < -0.3 is 15.4 Å². The lowest BCUT2D eigenvalue weighted by Gasteiger charge is -2.32. The first-order valence-electron chi connectivity index (χ1n) is 10.0. The second-order valence-corrected chi connectivity index (χ2v) is 7.25. The molecule has 156 valence electrons. The Morgan fingerprint density at radius 3 is 2.70 bits per heavy atom. The molecule has 1 fully saturated rings. The van der Waals surface area contributed by atoms with Crippen molar-refractivity contribution in [1.82, 2.24) is 15.5 Å². The third-order valence-corrected chi connectivity index (χ3v) is 5.06. The third kappa shape index (κ3) is 9.46. The Bertz CT molecular complexity index is 486. The van der Waals surface area contributed by atoms with Crippen molar-refractivity contribution in [3.05, 3.63) is 11.6 Å². The Balaban J connectivity index is 1.65. The average molecular weight is 390 g/mol. The first kappa shape index (κ1) is 22.0. The van der Waals surface area contributed by atoms with Crippen molar-refractivity contribution < 1.29 is 17.9 Å². The predicted octanol–water partition coefficient (Wildman–Crippen LogP) is 2.94. The number of piperidine rings is 1. The minimum absolute atomic E-state index is 0.466. The van der Waals surface area contributed by atoms with E-state index in [0.29, 0.717) is 32.2 Å². The number of halogens is 3. The van der Waals surface area contributed by atoms with Crippen LogP contribution in [0.25, 0.3) is 0 Å². The normalized spacial score (nSPS) is 20.4. The topological polar surface area (TPSA) is 48.9 Å². The Kier molecular flexibility index (Phi) is 9.41. The largest absolute Gasteiger partial charge is 0.401 e. The van der Waals surface area contributed by atoms with Crippen molar-refractivity contribution >= 4 is 5.96 Å². The number of hydrogen-bond acceptors (Lipinski definition) is 3. The van der Waals surface area contributed by atoms with E-state index in [1.807, 2.05) is 6.92 Å². The van der Waals surface area contributed by atoms with E-state index in [1.165, 1.54) is 10.5 Å². The number of nitrogens with zero attached hydrogens (tertiary/aromatic N) is 2. The van der Waals surface area contributed by atoms with E-state index in [4.69, 9.17) is 4.74 Å². The van der Waals surface area contributed by atoms with Crippen molar-refractivity contribution in [1.29, 1.82) is 0 Å². The summed E-state index contributed by atoms with van der Waals surface area (Å²) in [5.41, 5.74) is 1.43. The van der Waals surface area contributed by atoms with Gasteiger partial charge in [0.1, 0.15) is 0 Å². The number of likely N-dealkylation sites (tertiary alicyclic amines) is 1. The summed E-state index contributed by atoms with van der Waals surface area (Å²) in [7, 11) is 0. The molecule has 2 heterocycles. The molecule has 0 spiro atoms. The lowest BCUT2D eigenvalue weighted by molar-refractivity contribution is -0.148. The molecule has 0 atom stereocenters. The smallest absolute Gasteiger partial charge is 0.377 e. The van der Waals surface area contributed by atoms with E-state index in [2.05, 4.69) is 21.7 Å². The summed E-state index contributed by atoms with van der Waals surface area (Å²) in [5, 5.41) is 6.61. The van der Waals surface area contributed by atoms with Gasteiger partial charge in [-0.15, -0.1) is 0 Å². The van der Waals surface area contributed by atoms with E-state index >= 15 is 0 Å². The van der Waals surface area contributed by atoms with E-state index in [9.17, 15) is 13.2 Å². The van der Waals surface area contributed by atoms with Crippen molar-refractivity contribution in [3.63, 3.8) is 0 Å². The van der Waals surface area contributed by atoms with Gasteiger partial charge in [-0.2, -0.15) is 13.2 Å². The highest BCUT2D eigenvalue weighted by Gasteiger charge is 2.32. The summed E-state index contributed by atoms with van der Waals surface area (Å²) >= 11 is 0. The van der Waals surface area contributed by atoms with Gasteiger partial charge in [0.05, 0.1) is 19.8 Å². The fourth-order valence-electron chi connectivity index (χ4n) is 3.52. The molecule has 0 unspecified atom stereocenters.